The van der Waals surface area contributed by atoms with Crippen molar-refractivity contribution in [2.24, 2.45) is 7.05 Å². The molecule has 1 heterocycles. The number of amides is 1. The lowest BCUT2D eigenvalue weighted by Crippen LogP contribution is -2.36. The predicted molar refractivity (Wildman–Crippen MR) is 95.4 cm³/mol. The summed E-state index contributed by atoms with van der Waals surface area (Å²) in [6, 6.07) is 14.3. The van der Waals surface area contributed by atoms with Crippen molar-refractivity contribution >= 4 is 28.5 Å². The molecule has 2 N–H and O–H groups in total. The van der Waals surface area contributed by atoms with E-state index in [9.17, 15) is 14.7 Å². The average Bonchev–Trinajstić information content (AvgIpc) is 2.98. The number of nitrogens with zero attached hydrogens (tertiary/aromatic N) is 2. The van der Waals surface area contributed by atoms with Crippen LogP contribution < -0.4 is 5.32 Å². The van der Waals surface area contributed by atoms with Gasteiger partial charge in [0.15, 0.2) is 0 Å². The summed E-state index contributed by atoms with van der Waals surface area (Å²) in [6.45, 7) is 1.56. The van der Waals surface area contributed by atoms with Crippen molar-refractivity contribution in [3.63, 3.8) is 0 Å². The summed E-state index contributed by atoms with van der Waals surface area (Å²) >= 11 is 0. The minimum absolute atomic E-state index is 0.164. The van der Waals surface area contributed by atoms with Crippen LogP contribution in [-0.2, 0) is 22.1 Å². The Labute approximate surface area is 145 Å². The van der Waals surface area contributed by atoms with Crippen LogP contribution in [0.1, 0.15) is 18.9 Å². The van der Waals surface area contributed by atoms with Crippen molar-refractivity contribution in [3.8, 4) is 0 Å². The molecule has 0 aliphatic rings. The molecule has 0 aliphatic heterocycles. The number of hydrogen-bond acceptors (Lipinski definition) is 3. The fraction of sp³-hybridized carbons (Fsp3) is 0.211. The van der Waals surface area contributed by atoms with E-state index in [1.165, 1.54) is 0 Å². The van der Waals surface area contributed by atoms with E-state index in [0.717, 1.165) is 10.9 Å². The summed E-state index contributed by atoms with van der Waals surface area (Å²) in [4.78, 5) is 24.4. The first kappa shape index (κ1) is 16.7. The van der Waals surface area contributed by atoms with Crippen LogP contribution in [0.3, 0.4) is 0 Å². The molecule has 0 saturated carbocycles. The van der Waals surface area contributed by atoms with Gasteiger partial charge in [-0.2, -0.15) is 5.10 Å². The van der Waals surface area contributed by atoms with Gasteiger partial charge in [0.05, 0.1) is 22.8 Å². The number of carbonyl (C=O) groups is 2. The standard InChI is InChI=1S/C19H19N3O3/c1-19(18(24)25,13-7-4-3-5-8-13)11-17(23)21-15-9-6-10-16-14(15)12-20-22(16)2/h3-10,12H,11H2,1-2H3,(H,21,23)(H,24,25). The molecule has 0 fully saturated rings. The lowest BCUT2D eigenvalue weighted by atomic mass is 9.79. The zero-order valence-corrected chi connectivity index (χ0v) is 14.1. The van der Waals surface area contributed by atoms with E-state index in [0.29, 0.717) is 11.3 Å². The molecule has 0 radical (unpaired) electrons. The number of anilines is 1. The Bertz CT molecular complexity index is 933. The highest BCUT2D eigenvalue weighted by Gasteiger charge is 2.37. The molecule has 1 atom stereocenters. The highest BCUT2D eigenvalue weighted by Crippen LogP contribution is 2.29. The van der Waals surface area contributed by atoms with Gasteiger partial charge in [0, 0.05) is 18.9 Å². The summed E-state index contributed by atoms with van der Waals surface area (Å²) in [5.74, 6) is -1.39. The highest BCUT2D eigenvalue weighted by atomic mass is 16.4. The molecule has 128 valence electrons. The van der Waals surface area contributed by atoms with E-state index >= 15 is 0 Å². The maximum absolute atomic E-state index is 12.6. The first-order chi connectivity index (χ1) is 11.9. The number of carboxylic acid groups (broad SMARTS) is 1. The number of rotatable bonds is 5. The van der Waals surface area contributed by atoms with Gasteiger partial charge in [-0.15, -0.1) is 0 Å². The summed E-state index contributed by atoms with van der Waals surface area (Å²) < 4.78 is 1.72. The predicted octanol–water partition coefficient (Wildman–Crippen LogP) is 2.94. The molecule has 25 heavy (non-hydrogen) atoms. The number of aliphatic carboxylic acids is 1. The van der Waals surface area contributed by atoms with Crippen molar-refractivity contribution in [2.45, 2.75) is 18.8 Å². The summed E-state index contributed by atoms with van der Waals surface area (Å²) in [5.41, 5.74) is 0.809. The van der Waals surface area contributed by atoms with E-state index < -0.39 is 11.4 Å². The van der Waals surface area contributed by atoms with Crippen molar-refractivity contribution in [1.29, 1.82) is 0 Å². The van der Waals surface area contributed by atoms with Gasteiger partial charge in [-0.25, -0.2) is 0 Å². The number of carboxylic acids is 1. The van der Waals surface area contributed by atoms with Crippen LogP contribution in [0.15, 0.2) is 54.7 Å². The lowest BCUT2D eigenvalue weighted by molar-refractivity contribution is -0.145. The fourth-order valence-corrected chi connectivity index (χ4v) is 2.91. The maximum Gasteiger partial charge on any atom is 0.314 e. The Morgan fingerprint density at radius 2 is 1.88 bits per heavy atom. The van der Waals surface area contributed by atoms with Crippen LogP contribution in [0.25, 0.3) is 10.9 Å². The zero-order chi connectivity index (χ0) is 18.0. The van der Waals surface area contributed by atoms with Crippen LogP contribution in [-0.4, -0.2) is 26.8 Å². The smallest absolute Gasteiger partial charge is 0.314 e. The van der Waals surface area contributed by atoms with Crippen LogP contribution >= 0.6 is 0 Å². The van der Waals surface area contributed by atoms with Crippen LogP contribution in [0.2, 0.25) is 0 Å². The third kappa shape index (κ3) is 3.10. The quantitative estimate of drug-likeness (QED) is 0.750. The maximum atomic E-state index is 12.6. The summed E-state index contributed by atoms with van der Waals surface area (Å²) in [6.07, 6.45) is 1.52. The van der Waals surface area contributed by atoms with Gasteiger partial charge in [0.25, 0.3) is 0 Å². The average molecular weight is 337 g/mol. The minimum atomic E-state index is -1.30. The second-order valence-electron chi connectivity index (χ2n) is 6.23. The molecule has 6 heteroatoms. The summed E-state index contributed by atoms with van der Waals surface area (Å²) in [7, 11) is 1.82. The van der Waals surface area contributed by atoms with Gasteiger partial charge < -0.3 is 10.4 Å². The Balaban J connectivity index is 1.86. The topological polar surface area (TPSA) is 84.2 Å². The number of hydrogen-bond donors (Lipinski definition) is 2. The lowest BCUT2D eigenvalue weighted by Gasteiger charge is -2.24. The van der Waals surface area contributed by atoms with Crippen LogP contribution in [0.5, 0.6) is 0 Å². The normalized spacial score (nSPS) is 13.4. The number of benzene rings is 2. The molecule has 0 spiro atoms. The van der Waals surface area contributed by atoms with E-state index in [2.05, 4.69) is 10.4 Å². The van der Waals surface area contributed by atoms with Gasteiger partial charge in [0.1, 0.15) is 0 Å². The van der Waals surface area contributed by atoms with E-state index in [4.69, 9.17) is 0 Å². The molecule has 3 rings (SSSR count). The van der Waals surface area contributed by atoms with Crippen molar-refractivity contribution in [1.82, 2.24) is 9.78 Å². The Morgan fingerprint density at radius 1 is 1.16 bits per heavy atom. The van der Waals surface area contributed by atoms with E-state index in [-0.39, 0.29) is 12.3 Å². The fourth-order valence-electron chi connectivity index (χ4n) is 2.91. The molecule has 1 unspecified atom stereocenters. The highest BCUT2D eigenvalue weighted by molar-refractivity contribution is 6.02. The molecular weight excluding hydrogens is 318 g/mol. The molecule has 2 aromatic carbocycles. The number of aryl methyl sites for hydroxylation is 1. The van der Waals surface area contributed by atoms with Gasteiger partial charge in [0.2, 0.25) is 5.91 Å². The van der Waals surface area contributed by atoms with Crippen LogP contribution in [0.4, 0.5) is 5.69 Å². The van der Waals surface area contributed by atoms with Crippen LogP contribution in [0, 0.1) is 0 Å². The molecular formula is C19H19N3O3. The number of aromatic nitrogens is 2. The largest absolute Gasteiger partial charge is 0.481 e. The zero-order valence-electron chi connectivity index (χ0n) is 14.1. The monoisotopic (exact) mass is 337 g/mol. The second-order valence-corrected chi connectivity index (χ2v) is 6.23. The van der Waals surface area contributed by atoms with Crippen molar-refractivity contribution < 1.29 is 14.7 Å². The Kier molecular flexibility index (Phi) is 4.27. The minimum Gasteiger partial charge on any atom is -0.481 e. The third-order valence-corrected chi connectivity index (χ3v) is 4.46. The first-order valence-electron chi connectivity index (χ1n) is 7.91. The van der Waals surface area contributed by atoms with Crippen molar-refractivity contribution in [3.05, 3.63) is 60.3 Å². The molecule has 0 aliphatic carbocycles. The van der Waals surface area contributed by atoms with Gasteiger partial charge >= 0.3 is 5.97 Å². The molecule has 0 saturated heterocycles. The van der Waals surface area contributed by atoms with Gasteiger partial charge in [-0.3, -0.25) is 14.3 Å². The molecule has 1 aromatic heterocycles. The number of carbonyl (C=O) groups excluding carboxylic acids is 1. The number of nitrogens with one attached hydrogen (secondary N) is 1. The van der Waals surface area contributed by atoms with Gasteiger partial charge in [-0.05, 0) is 24.6 Å². The SMILES string of the molecule is Cn1ncc2c(NC(=O)CC(C)(C(=O)O)c3ccccc3)cccc21. The first-order valence-corrected chi connectivity index (χ1v) is 7.91. The van der Waals surface area contributed by atoms with Crippen molar-refractivity contribution in [2.75, 3.05) is 5.32 Å². The molecule has 0 bridgehead atoms. The Hall–Kier alpha value is -3.15. The van der Waals surface area contributed by atoms with E-state index in [1.807, 2.05) is 25.2 Å². The molecule has 3 aromatic rings. The molecule has 6 nitrogen and oxygen atoms in total. The Morgan fingerprint density at radius 3 is 2.56 bits per heavy atom. The summed E-state index contributed by atoms with van der Waals surface area (Å²) in [5, 5.41) is 17.5. The third-order valence-electron chi connectivity index (χ3n) is 4.46. The molecule has 1 amide bonds. The second kappa shape index (κ2) is 6.39. The van der Waals surface area contributed by atoms with E-state index in [1.54, 1.807) is 48.1 Å². The number of fused-ring (bicyclic) bond motifs is 1. The van der Waals surface area contributed by atoms with Gasteiger partial charge in [-0.1, -0.05) is 36.4 Å².